The Morgan fingerprint density at radius 3 is 1.42 bits per heavy atom. The fourth-order valence-corrected chi connectivity index (χ4v) is 9.38. The van der Waals surface area contributed by atoms with Crippen LogP contribution in [0.15, 0.2) is 36.5 Å². The number of rotatable bonds is 45. The molecule has 2 rings (SSSR count). The maximum Gasteiger partial charge on any atom is 0.220 e. The van der Waals surface area contributed by atoms with E-state index < -0.39 is 86.8 Å². The monoisotopic (exact) mass is 1010 g/mol. The lowest BCUT2D eigenvalue weighted by molar-refractivity contribution is -0.359. The number of ether oxygens (including phenoxy) is 4. The summed E-state index contributed by atoms with van der Waals surface area (Å²) in [5, 5.41) is 87.0. The molecule has 9 N–H and O–H groups in total. The number of carbonyl (C=O) groups excluding carboxylic acids is 1. The summed E-state index contributed by atoms with van der Waals surface area (Å²) in [6.07, 6.45) is 34.6. The largest absolute Gasteiger partial charge is 0.394 e. The Labute approximate surface area is 430 Å². The molecule has 416 valence electrons. The Kier molecular flexibility index (Phi) is 40.0. The first-order valence-electron chi connectivity index (χ1n) is 28.7. The number of unbranched alkanes of at least 4 members (excludes halogenated alkanes) is 28. The number of aliphatic hydroxyl groups excluding tert-OH is 8. The highest BCUT2D eigenvalue weighted by molar-refractivity contribution is 5.76. The molecule has 2 aliphatic rings. The summed E-state index contributed by atoms with van der Waals surface area (Å²) >= 11 is 0. The molecule has 12 atom stereocenters. The molecule has 0 aromatic rings. The van der Waals surface area contributed by atoms with E-state index in [9.17, 15) is 45.6 Å². The van der Waals surface area contributed by atoms with Gasteiger partial charge in [-0.15, -0.1) is 0 Å². The van der Waals surface area contributed by atoms with E-state index in [0.29, 0.717) is 6.42 Å². The van der Waals surface area contributed by atoms with Gasteiger partial charge in [0.1, 0.15) is 48.8 Å². The Bertz CT molecular complexity index is 1330. The molecule has 14 nitrogen and oxygen atoms in total. The highest BCUT2D eigenvalue weighted by Crippen LogP contribution is 2.30. The van der Waals surface area contributed by atoms with Crippen molar-refractivity contribution in [2.24, 2.45) is 0 Å². The van der Waals surface area contributed by atoms with Gasteiger partial charge in [0.2, 0.25) is 5.91 Å². The molecule has 2 saturated heterocycles. The Morgan fingerprint density at radius 1 is 0.507 bits per heavy atom. The number of hydrogen-bond donors (Lipinski definition) is 9. The van der Waals surface area contributed by atoms with Crippen LogP contribution in [0.5, 0.6) is 0 Å². The van der Waals surface area contributed by atoms with Crippen LogP contribution in [0.1, 0.15) is 226 Å². The second-order valence-electron chi connectivity index (χ2n) is 20.4. The standard InChI is InChI=1S/C57H105NO13/c1-3-5-7-9-11-13-15-17-19-21-22-23-24-25-26-28-30-32-34-36-38-40-46(61)45(58-49(62)41-39-37-35-33-31-29-27-20-18-16-14-12-10-8-6-4-2)44-68-56-54(67)52(65)55(48(43-60)70-56)71-57-53(66)51(64)50(63)47(42-59)69-57/h14,16,20,27,38,40,45-48,50-57,59-61,63-67H,3-13,15,17-19,21-26,28-37,39,41-44H2,1-2H3,(H,58,62)/b16-14-,27-20-,40-38+. The van der Waals surface area contributed by atoms with Crippen LogP contribution in [0.3, 0.4) is 0 Å². The molecule has 0 aliphatic carbocycles. The Morgan fingerprint density at radius 2 is 0.930 bits per heavy atom. The molecule has 12 unspecified atom stereocenters. The summed E-state index contributed by atoms with van der Waals surface area (Å²) in [4.78, 5) is 13.2. The molecule has 0 radical (unpaired) electrons. The normalized spacial score (nSPS) is 26.0. The fraction of sp³-hybridized carbons (Fsp3) is 0.877. The zero-order valence-electron chi connectivity index (χ0n) is 44.5. The lowest BCUT2D eigenvalue weighted by Crippen LogP contribution is -2.65. The molecule has 2 fully saturated rings. The van der Waals surface area contributed by atoms with Gasteiger partial charge in [0, 0.05) is 6.42 Å². The van der Waals surface area contributed by atoms with E-state index in [1.165, 1.54) is 135 Å². The van der Waals surface area contributed by atoms with Gasteiger partial charge in [-0.25, -0.2) is 0 Å². The summed E-state index contributed by atoms with van der Waals surface area (Å²) < 4.78 is 22.7. The molecule has 0 aromatic carbocycles. The van der Waals surface area contributed by atoms with Gasteiger partial charge in [-0.1, -0.05) is 204 Å². The van der Waals surface area contributed by atoms with Crippen LogP contribution in [0, 0.1) is 0 Å². The molecule has 1 amide bonds. The summed E-state index contributed by atoms with van der Waals surface area (Å²) in [5.41, 5.74) is 0. The van der Waals surface area contributed by atoms with Crippen molar-refractivity contribution in [1.82, 2.24) is 5.32 Å². The second-order valence-corrected chi connectivity index (χ2v) is 20.4. The third kappa shape index (κ3) is 29.8. The van der Waals surface area contributed by atoms with Crippen LogP contribution in [0.2, 0.25) is 0 Å². The van der Waals surface area contributed by atoms with Crippen molar-refractivity contribution in [2.75, 3.05) is 19.8 Å². The van der Waals surface area contributed by atoms with Gasteiger partial charge in [-0.05, 0) is 51.4 Å². The van der Waals surface area contributed by atoms with Gasteiger partial charge in [0.05, 0.1) is 32.0 Å². The van der Waals surface area contributed by atoms with Crippen LogP contribution >= 0.6 is 0 Å². The smallest absolute Gasteiger partial charge is 0.220 e. The minimum Gasteiger partial charge on any atom is -0.394 e. The molecular formula is C57H105NO13. The van der Waals surface area contributed by atoms with Gasteiger partial charge in [-0.3, -0.25) is 4.79 Å². The number of allylic oxidation sites excluding steroid dienone is 5. The lowest BCUT2D eigenvalue weighted by atomic mass is 9.97. The van der Waals surface area contributed by atoms with E-state index in [4.69, 9.17) is 18.9 Å². The number of amides is 1. The SMILES string of the molecule is CCCCCC/C=C\C/C=C\CCCCCCCC(=O)NC(COC1OC(CO)C(OC2OC(CO)C(O)C(O)C2O)C(O)C1O)C(O)/C=C/CCCCCCCCCCCCCCCCCCCCC. The second kappa shape index (κ2) is 43.4. The maximum atomic E-state index is 13.2. The summed E-state index contributed by atoms with van der Waals surface area (Å²) in [7, 11) is 0. The van der Waals surface area contributed by atoms with Crippen molar-refractivity contribution < 1.29 is 64.6 Å². The molecular weight excluding hydrogens is 907 g/mol. The van der Waals surface area contributed by atoms with E-state index >= 15 is 0 Å². The highest BCUT2D eigenvalue weighted by Gasteiger charge is 2.51. The summed E-state index contributed by atoms with van der Waals surface area (Å²) in [6.45, 7) is 2.78. The Balaban J connectivity index is 1.80. The third-order valence-corrected chi connectivity index (χ3v) is 14.1. The molecule has 0 saturated carbocycles. The Hall–Kier alpha value is -1.79. The molecule has 2 heterocycles. The first-order chi connectivity index (χ1) is 34.6. The number of hydrogen-bond acceptors (Lipinski definition) is 13. The van der Waals surface area contributed by atoms with E-state index in [1.54, 1.807) is 6.08 Å². The van der Waals surface area contributed by atoms with Crippen LogP contribution in [-0.2, 0) is 23.7 Å². The van der Waals surface area contributed by atoms with E-state index in [1.807, 2.05) is 6.08 Å². The topological polar surface area (TPSA) is 228 Å². The number of aliphatic hydroxyl groups is 8. The molecule has 2 aliphatic heterocycles. The van der Waals surface area contributed by atoms with Crippen LogP contribution in [0.4, 0.5) is 0 Å². The van der Waals surface area contributed by atoms with Crippen molar-refractivity contribution in [3.8, 4) is 0 Å². The van der Waals surface area contributed by atoms with Crippen LogP contribution < -0.4 is 5.32 Å². The predicted octanol–water partition coefficient (Wildman–Crippen LogP) is 9.05. The van der Waals surface area contributed by atoms with Crippen LogP contribution in [0.25, 0.3) is 0 Å². The molecule has 14 heteroatoms. The number of nitrogens with one attached hydrogen (secondary N) is 1. The number of carbonyl (C=O) groups is 1. The van der Waals surface area contributed by atoms with E-state index in [-0.39, 0.29) is 18.9 Å². The summed E-state index contributed by atoms with van der Waals surface area (Å²) in [6, 6.07) is -0.921. The van der Waals surface area contributed by atoms with Crippen molar-refractivity contribution in [3.63, 3.8) is 0 Å². The predicted molar refractivity (Wildman–Crippen MR) is 281 cm³/mol. The van der Waals surface area contributed by atoms with E-state index in [0.717, 1.165) is 64.2 Å². The average Bonchev–Trinajstić information content (AvgIpc) is 3.37. The zero-order chi connectivity index (χ0) is 51.7. The van der Waals surface area contributed by atoms with E-state index in [2.05, 4.69) is 43.5 Å². The molecule has 0 bridgehead atoms. The fourth-order valence-electron chi connectivity index (χ4n) is 9.38. The van der Waals surface area contributed by atoms with Gasteiger partial charge in [0.15, 0.2) is 12.6 Å². The quantitative estimate of drug-likeness (QED) is 0.0205. The van der Waals surface area contributed by atoms with Gasteiger partial charge in [-0.2, -0.15) is 0 Å². The van der Waals surface area contributed by atoms with Crippen molar-refractivity contribution in [3.05, 3.63) is 36.5 Å². The first kappa shape index (κ1) is 65.3. The summed E-state index contributed by atoms with van der Waals surface area (Å²) in [5.74, 6) is -0.252. The minimum atomic E-state index is -1.79. The minimum absolute atomic E-state index is 0.252. The van der Waals surface area contributed by atoms with Crippen molar-refractivity contribution in [2.45, 2.75) is 299 Å². The lowest BCUT2D eigenvalue weighted by Gasteiger charge is -2.46. The molecule has 71 heavy (non-hydrogen) atoms. The molecule has 0 spiro atoms. The first-order valence-corrected chi connectivity index (χ1v) is 28.7. The van der Waals surface area contributed by atoms with Crippen molar-refractivity contribution in [1.29, 1.82) is 0 Å². The van der Waals surface area contributed by atoms with Crippen LogP contribution in [-0.4, -0.2) is 140 Å². The van der Waals surface area contributed by atoms with Gasteiger partial charge in [0.25, 0.3) is 0 Å². The maximum absolute atomic E-state index is 13.2. The zero-order valence-corrected chi connectivity index (χ0v) is 44.5. The third-order valence-electron chi connectivity index (χ3n) is 14.1. The molecule has 0 aromatic heterocycles. The average molecular weight is 1010 g/mol. The van der Waals surface area contributed by atoms with Gasteiger partial charge >= 0.3 is 0 Å². The van der Waals surface area contributed by atoms with Gasteiger partial charge < -0.3 is 65.1 Å². The van der Waals surface area contributed by atoms with Crippen molar-refractivity contribution >= 4 is 5.91 Å². The highest BCUT2D eigenvalue weighted by atomic mass is 16.7.